The van der Waals surface area contributed by atoms with E-state index < -0.39 is 0 Å². The van der Waals surface area contributed by atoms with Crippen molar-refractivity contribution >= 4 is 10.9 Å². The summed E-state index contributed by atoms with van der Waals surface area (Å²) in [5.74, 6) is 0. The normalized spacial score (nSPS) is 21.7. The Labute approximate surface area is 119 Å². The van der Waals surface area contributed by atoms with Crippen molar-refractivity contribution in [2.75, 3.05) is 13.1 Å². The maximum Gasteiger partial charge on any atom is 0.0872 e. The van der Waals surface area contributed by atoms with Gasteiger partial charge in [0.05, 0.1) is 18.7 Å². The average molecular weight is 265 g/mol. The predicted molar refractivity (Wildman–Crippen MR) is 79.5 cm³/mol. The van der Waals surface area contributed by atoms with E-state index in [1.165, 1.54) is 41.4 Å². The molecule has 3 heteroatoms. The van der Waals surface area contributed by atoms with E-state index in [0.29, 0.717) is 12.6 Å². The van der Waals surface area contributed by atoms with Crippen LogP contribution in [0.3, 0.4) is 0 Å². The molecule has 20 heavy (non-hydrogen) atoms. The second-order valence-corrected chi connectivity index (χ2v) is 6.07. The van der Waals surface area contributed by atoms with Crippen LogP contribution in [-0.4, -0.2) is 22.6 Å². The first-order valence-corrected chi connectivity index (χ1v) is 7.52. The van der Waals surface area contributed by atoms with Crippen LogP contribution in [0.15, 0.2) is 18.2 Å². The third-order valence-corrected chi connectivity index (χ3v) is 4.91. The van der Waals surface area contributed by atoms with E-state index in [2.05, 4.69) is 40.7 Å². The van der Waals surface area contributed by atoms with Crippen LogP contribution in [0.2, 0.25) is 0 Å². The standard InChI is InChI=1S/C17H19N3/c1-12-5-6-15-14(11-12)13-3-2-4-16-17(13)20(15)10-9-19(16)8-7-18/h5-6,11,16H,2-4,8-10H2,1H3/t16-/m1/s1. The van der Waals surface area contributed by atoms with Gasteiger partial charge in [-0.05, 0) is 43.9 Å². The third-order valence-electron chi connectivity index (χ3n) is 4.91. The first kappa shape index (κ1) is 12.0. The number of nitriles is 1. The molecule has 2 aliphatic rings. The zero-order chi connectivity index (χ0) is 13.7. The first-order chi connectivity index (χ1) is 9.79. The molecule has 1 aliphatic heterocycles. The van der Waals surface area contributed by atoms with E-state index in [-0.39, 0.29) is 0 Å². The van der Waals surface area contributed by atoms with Crippen molar-refractivity contribution in [2.45, 2.75) is 38.8 Å². The fraction of sp³-hybridized carbons (Fsp3) is 0.471. The van der Waals surface area contributed by atoms with Crippen molar-refractivity contribution in [2.24, 2.45) is 0 Å². The van der Waals surface area contributed by atoms with E-state index in [9.17, 15) is 0 Å². The third kappa shape index (κ3) is 1.55. The van der Waals surface area contributed by atoms with Crippen molar-refractivity contribution in [3.05, 3.63) is 35.0 Å². The van der Waals surface area contributed by atoms with E-state index in [1.54, 1.807) is 5.56 Å². The van der Waals surface area contributed by atoms with Gasteiger partial charge >= 0.3 is 0 Å². The smallest absolute Gasteiger partial charge is 0.0872 e. The van der Waals surface area contributed by atoms with Gasteiger partial charge in [-0.3, -0.25) is 4.90 Å². The minimum absolute atomic E-state index is 0.458. The van der Waals surface area contributed by atoms with Gasteiger partial charge in [-0.1, -0.05) is 11.6 Å². The molecule has 0 unspecified atom stereocenters. The summed E-state index contributed by atoms with van der Waals surface area (Å²) >= 11 is 0. The minimum Gasteiger partial charge on any atom is -0.342 e. The largest absolute Gasteiger partial charge is 0.342 e. The van der Waals surface area contributed by atoms with Gasteiger partial charge in [-0.25, -0.2) is 0 Å². The van der Waals surface area contributed by atoms with Crippen LogP contribution >= 0.6 is 0 Å². The predicted octanol–water partition coefficient (Wildman–Crippen LogP) is 3.17. The highest BCUT2D eigenvalue weighted by atomic mass is 15.2. The Hall–Kier alpha value is -1.79. The zero-order valence-electron chi connectivity index (χ0n) is 11.9. The van der Waals surface area contributed by atoms with Crippen LogP contribution in [0.1, 0.15) is 35.7 Å². The Morgan fingerprint density at radius 2 is 2.25 bits per heavy atom. The molecule has 2 heterocycles. The molecule has 0 fully saturated rings. The van der Waals surface area contributed by atoms with Gasteiger partial charge in [0.2, 0.25) is 0 Å². The maximum absolute atomic E-state index is 9.04. The highest BCUT2D eigenvalue weighted by molar-refractivity contribution is 5.87. The lowest BCUT2D eigenvalue weighted by Crippen LogP contribution is -2.39. The lowest BCUT2D eigenvalue weighted by atomic mass is 9.89. The Kier molecular flexibility index (Phi) is 2.61. The van der Waals surface area contributed by atoms with Crippen LogP contribution < -0.4 is 0 Å². The molecule has 102 valence electrons. The molecule has 0 saturated heterocycles. The van der Waals surface area contributed by atoms with E-state index in [0.717, 1.165) is 13.1 Å². The molecular formula is C17H19N3. The van der Waals surface area contributed by atoms with Gasteiger partial charge in [0.25, 0.3) is 0 Å². The number of rotatable bonds is 1. The quantitative estimate of drug-likeness (QED) is 0.742. The SMILES string of the molecule is Cc1ccc2c(c1)c1c3n2CCN(CC#N)[C@@H]3CCC1. The molecule has 1 atom stereocenters. The lowest BCUT2D eigenvalue weighted by Gasteiger charge is -2.38. The van der Waals surface area contributed by atoms with Gasteiger partial charge < -0.3 is 4.57 Å². The lowest BCUT2D eigenvalue weighted by molar-refractivity contribution is 0.160. The molecule has 1 aromatic heterocycles. The number of hydrogen-bond donors (Lipinski definition) is 0. The molecule has 0 radical (unpaired) electrons. The number of benzene rings is 1. The van der Waals surface area contributed by atoms with E-state index >= 15 is 0 Å². The summed E-state index contributed by atoms with van der Waals surface area (Å²) in [5.41, 5.74) is 5.78. The van der Waals surface area contributed by atoms with Crippen molar-refractivity contribution in [3.8, 4) is 6.07 Å². The summed E-state index contributed by atoms with van der Waals surface area (Å²) in [4.78, 5) is 2.36. The van der Waals surface area contributed by atoms with Crippen LogP contribution in [-0.2, 0) is 13.0 Å². The topological polar surface area (TPSA) is 32.0 Å². The van der Waals surface area contributed by atoms with E-state index in [1.807, 2.05) is 0 Å². The Morgan fingerprint density at radius 1 is 1.35 bits per heavy atom. The van der Waals surface area contributed by atoms with Gasteiger partial charge in [-0.15, -0.1) is 0 Å². The molecule has 1 aromatic carbocycles. The Morgan fingerprint density at radius 3 is 3.10 bits per heavy atom. The molecule has 0 bridgehead atoms. The number of nitrogens with zero attached hydrogens (tertiary/aromatic N) is 3. The van der Waals surface area contributed by atoms with Crippen LogP contribution in [0.4, 0.5) is 0 Å². The molecule has 2 aromatic rings. The molecule has 0 N–H and O–H groups in total. The van der Waals surface area contributed by atoms with Gasteiger partial charge in [0, 0.05) is 29.7 Å². The van der Waals surface area contributed by atoms with Crippen molar-refractivity contribution in [1.29, 1.82) is 5.26 Å². The second kappa shape index (κ2) is 4.36. The summed E-state index contributed by atoms with van der Waals surface area (Å²) < 4.78 is 2.52. The van der Waals surface area contributed by atoms with Gasteiger partial charge in [0.15, 0.2) is 0 Å². The monoisotopic (exact) mass is 265 g/mol. The average Bonchev–Trinajstić information content (AvgIpc) is 2.78. The number of hydrogen-bond acceptors (Lipinski definition) is 2. The molecule has 0 saturated carbocycles. The zero-order valence-corrected chi connectivity index (χ0v) is 11.9. The van der Waals surface area contributed by atoms with Gasteiger partial charge in [-0.2, -0.15) is 5.26 Å². The molecule has 0 amide bonds. The summed E-state index contributed by atoms with van der Waals surface area (Å²) in [6.45, 7) is 4.76. The molecular weight excluding hydrogens is 246 g/mol. The fourth-order valence-electron chi connectivity index (χ4n) is 4.07. The number of fused-ring (bicyclic) bond motifs is 3. The summed E-state index contributed by atoms with van der Waals surface area (Å²) in [6.07, 6.45) is 3.63. The Bertz CT molecular complexity index is 720. The maximum atomic E-state index is 9.04. The van der Waals surface area contributed by atoms with Crippen LogP contribution in [0.5, 0.6) is 0 Å². The molecule has 1 aliphatic carbocycles. The first-order valence-electron chi connectivity index (χ1n) is 7.52. The number of aromatic nitrogens is 1. The minimum atomic E-state index is 0.458. The Balaban J connectivity index is 1.96. The van der Waals surface area contributed by atoms with Gasteiger partial charge in [0.1, 0.15) is 0 Å². The summed E-state index contributed by atoms with van der Waals surface area (Å²) in [7, 11) is 0. The van der Waals surface area contributed by atoms with Crippen molar-refractivity contribution in [3.63, 3.8) is 0 Å². The molecule has 0 spiro atoms. The van der Waals surface area contributed by atoms with Crippen LogP contribution in [0, 0.1) is 18.3 Å². The summed E-state index contributed by atoms with van der Waals surface area (Å²) in [6, 6.07) is 9.63. The van der Waals surface area contributed by atoms with Crippen LogP contribution in [0.25, 0.3) is 10.9 Å². The second-order valence-electron chi connectivity index (χ2n) is 6.07. The highest BCUT2D eigenvalue weighted by Gasteiger charge is 2.34. The highest BCUT2D eigenvalue weighted by Crippen LogP contribution is 2.42. The molecule has 4 rings (SSSR count). The number of aryl methyl sites for hydroxylation is 2. The summed E-state index contributed by atoms with van der Waals surface area (Å²) in [5, 5.41) is 10.5. The molecule has 3 nitrogen and oxygen atoms in total. The van der Waals surface area contributed by atoms with Crippen molar-refractivity contribution < 1.29 is 0 Å². The van der Waals surface area contributed by atoms with Crippen molar-refractivity contribution in [1.82, 2.24) is 9.47 Å². The van der Waals surface area contributed by atoms with E-state index in [4.69, 9.17) is 5.26 Å². The fourth-order valence-corrected chi connectivity index (χ4v) is 4.07.